The van der Waals surface area contributed by atoms with Gasteiger partial charge in [-0.15, -0.1) is 0 Å². The third-order valence-electron chi connectivity index (χ3n) is 2.35. The van der Waals surface area contributed by atoms with Crippen molar-refractivity contribution in [3.63, 3.8) is 0 Å². The van der Waals surface area contributed by atoms with Crippen LogP contribution in [-0.4, -0.2) is 13.2 Å². The smallest absolute Gasteiger partial charge is 0.162 e. The van der Waals surface area contributed by atoms with Gasteiger partial charge in [-0.05, 0) is 18.2 Å². The van der Waals surface area contributed by atoms with Crippen molar-refractivity contribution in [1.82, 2.24) is 5.32 Å². The van der Waals surface area contributed by atoms with Crippen molar-refractivity contribution in [3.8, 4) is 5.75 Å². The summed E-state index contributed by atoms with van der Waals surface area (Å²) in [7, 11) is 0. The van der Waals surface area contributed by atoms with Crippen LogP contribution in [0.15, 0.2) is 41.2 Å². The quantitative estimate of drug-likeness (QED) is 0.804. The molecule has 0 aliphatic carbocycles. The predicted molar refractivity (Wildman–Crippen MR) is 62.3 cm³/mol. The fourth-order valence-electron chi connectivity index (χ4n) is 1.43. The maximum Gasteiger partial charge on any atom is 0.162 e. The van der Waals surface area contributed by atoms with Crippen LogP contribution < -0.4 is 10.1 Å². The summed E-state index contributed by atoms with van der Waals surface area (Å²) in [5.41, 5.74) is 1.04. The SMILES string of the molecule is Fc1ccc(OCCNCc2ccoc2)cc1F. The minimum absolute atomic E-state index is 0.319. The van der Waals surface area contributed by atoms with Crippen molar-refractivity contribution in [3.05, 3.63) is 54.0 Å². The third-order valence-corrected chi connectivity index (χ3v) is 2.35. The van der Waals surface area contributed by atoms with E-state index in [1.165, 1.54) is 6.07 Å². The van der Waals surface area contributed by atoms with E-state index in [9.17, 15) is 8.78 Å². The van der Waals surface area contributed by atoms with Gasteiger partial charge in [0, 0.05) is 24.7 Å². The van der Waals surface area contributed by atoms with Crippen LogP contribution in [0, 0.1) is 11.6 Å². The van der Waals surface area contributed by atoms with Gasteiger partial charge in [0.15, 0.2) is 11.6 Å². The molecule has 3 nitrogen and oxygen atoms in total. The molecule has 1 aromatic heterocycles. The average Bonchev–Trinajstić information content (AvgIpc) is 2.86. The average molecular weight is 253 g/mol. The molecule has 1 aromatic carbocycles. The fraction of sp³-hybridized carbons (Fsp3) is 0.231. The van der Waals surface area contributed by atoms with Crippen LogP contribution in [0.2, 0.25) is 0 Å². The Kier molecular flexibility index (Phi) is 4.30. The second kappa shape index (κ2) is 6.16. The molecule has 0 spiro atoms. The molecule has 0 aliphatic rings. The molecule has 18 heavy (non-hydrogen) atoms. The molecule has 0 saturated heterocycles. The number of hydrogen-bond donors (Lipinski definition) is 1. The number of halogens is 2. The molecule has 1 heterocycles. The Bertz CT molecular complexity index is 486. The van der Waals surface area contributed by atoms with E-state index in [0.29, 0.717) is 25.4 Å². The first-order chi connectivity index (χ1) is 8.75. The predicted octanol–water partition coefficient (Wildman–Crippen LogP) is 2.73. The zero-order chi connectivity index (χ0) is 12.8. The third kappa shape index (κ3) is 3.56. The first-order valence-electron chi connectivity index (χ1n) is 5.55. The molecule has 0 radical (unpaired) electrons. The monoisotopic (exact) mass is 253 g/mol. The van der Waals surface area contributed by atoms with E-state index in [1.54, 1.807) is 12.5 Å². The van der Waals surface area contributed by atoms with Crippen molar-refractivity contribution in [2.24, 2.45) is 0 Å². The zero-order valence-electron chi connectivity index (χ0n) is 9.66. The highest BCUT2D eigenvalue weighted by Crippen LogP contribution is 2.14. The number of rotatable bonds is 6. The molecular weight excluding hydrogens is 240 g/mol. The van der Waals surface area contributed by atoms with Crippen LogP contribution in [0.1, 0.15) is 5.56 Å². The number of hydrogen-bond acceptors (Lipinski definition) is 3. The fourth-order valence-corrected chi connectivity index (χ4v) is 1.43. The van der Waals surface area contributed by atoms with E-state index in [-0.39, 0.29) is 0 Å². The largest absolute Gasteiger partial charge is 0.492 e. The Morgan fingerprint density at radius 3 is 2.78 bits per heavy atom. The van der Waals surface area contributed by atoms with Crippen molar-refractivity contribution >= 4 is 0 Å². The standard InChI is InChI=1S/C13H13F2NO2/c14-12-2-1-11(7-13(12)15)18-6-4-16-8-10-3-5-17-9-10/h1-3,5,7,9,16H,4,6,8H2. The normalized spacial score (nSPS) is 10.6. The summed E-state index contributed by atoms with van der Waals surface area (Å²) in [6.45, 7) is 1.66. The lowest BCUT2D eigenvalue weighted by molar-refractivity contribution is 0.310. The van der Waals surface area contributed by atoms with Crippen LogP contribution in [0.4, 0.5) is 8.78 Å². The van der Waals surface area contributed by atoms with Gasteiger partial charge in [-0.25, -0.2) is 8.78 Å². The Labute approximate surface area is 103 Å². The van der Waals surface area contributed by atoms with Crippen LogP contribution in [0.5, 0.6) is 5.75 Å². The lowest BCUT2D eigenvalue weighted by atomic mass is 10.3. The molecule has 1 N–H and O–H groups in total. The van der Waals surface area contributed by atoms with Gasteiger partial charge in [0.05, 0.1) is 12.5 Å². The lowest BCUT2D eigenvalue weighted by Gasteiger charge is -2.07. The van der Waals surface area contributed by atoms with E-state index in [0.717, 1.165) is 17.7 Å². The summed E-state index contributed by atoms with van der Waals surface area (Å²) in [4.78, 5) is 0. The summed E-state index contributed by atoms with van der Waals surface area (Å²) in [6, 6.07) is 5.34. The highest BCUT2D eigenvalue weighted by atomic mass is 19.2. The molecule has 0 bridgehead atoms. The van der Waals surface area contributed by atoms with E-state index in [2.05, 4.69) is 5.32 Å². The Morgan fingerprint density at radius 1 is 1.17 bits per heavy atom. The summed E-state index contributed by atoms with van der Waals surface area (Å²) in [5.74, 6) is -1.46. The van der Waals surface area contributed by atoms with Crippen LogP contribution in [-0.2, 0) is 6.54 Å². The van der Waals surface area contributed by atoms with Gasteiger partial charge < -0.3 is 14.5 Å². The summed E-state index contributed by atoms with van der Waals surface area (Å²) >= 11 is 0. The van der Waals surface area contributed by atoms with E-state index in [1.807, 2.05) is 6.07 Å². The Hall–Kier alpha value is -1.88. The highest BCUT2D eigenvalue weighted by molar-refractivity contribution is 5.23. The van der Waals surface area contributed by atoms with Crippen LogP contribution >= 0.6 is 0 Å². The molecule has 5 heteroatoms. The van der Waals surface area contributed by atoms with E-state index >= 15 is 0 Å². The maximum absolute atomic E-state index is 12.9. The molecule has 0 saturated carbocycles. The molecular formula is C13H13F2NO2. The zero-order valence-corrected chi connectivity index (χ0v) is 9.66. The molecule has 0 fully saturated rings. The van der Waals surface area contributed by atoms with Crippen molar-refractivity contribution in [2.75, 3.05) is 13.2 Å². The lowest BCUT2D eigenvalue weighted by Crippen LogP contribution is -2.20. The van der Waals surface area contributed by atoms with Crippen LogP contribution in [0.25, 0.3) is 0 Å². The Balaban J connectivity index is 1.67. The number of ether oxygens (including phenoxy) is 1. The second-order valence-corrected chi connectivity index (χ2v) is 3.73. The van der Waals surface area contributed by atoms with Crippen molar-refractivity contribution < 1.29 is 17.9 Å². The molecule has 2 aromatic rings. The first kappa shape index (κ1) is 12.6. The van der Waals surface area contributed by atoms with Gasteiger partial charge >= 0.3 is 0 Å². The summed E-state index contributed by atoms with van der Waals surface area (Å²) in [6.07, 6.45) is 3.26. The number of furan rings is 1. The summed E-state index contributed by atoms with van der Waals surface area (Å²) in [5, 5.41) is 3.13. The van der Waals surface area contributed by atoms with Gasteiger partial charge in [-0.2, -0.15) is 0 Å². The number of benzene rings is 1. The maximum atomic E-state index is 12.9. The van der Waals surface area contributed by atoms with E-state index in [4.69, 9.17) is 9.15 Å². The van der Waals surface area contributed by atoms with Gasteiger partial charge in [0.25, 0.3) is 0 Å². The highest BCUT2D eigenvalue weighted by Gasteiger charge is 2.02. The first-order valence-corrected chi connectivity index (χ1v) is 5.55. The molecule has 0 aliphatic heterocycles. The molecule has 0 amide bonds. The second-order valence-electron chi connectivity index (χ2n) is 3.73. The van der Waals surface area contributed by atoms with Gasteiger partial charge in [-0.1, -0.05) is 0 Å². The Morgan fingerprint density at radius 2 is 2.06 bits per heavy atom. The van der Waals surface area contributed by atoms with Gasteiger partial charge in [0.1, 0.15) is 12.4 Å². The van der Waals surface area contributed by atoms with Gasteiger partial charge in [-0.3, -0.25) is 0 Å². The molecule has 0 unspecified atom stereocenters. The minimum Gasteiger partial charge on any atom is -0.492 e. The van der Waals surface area contributed by atoms with E-state index < -0.39 is 11.6 Å². The van der Waals surface area contributed by atoms with Crippen molar-refractivity contribution in [2.45, 2.75) is 6.54 Å². The molecule has 96 valence electrons. The minimum atomic E-state index is -0.904. The van der Waals surface area contributed by atoms with Crippen molar-refractivity contribution in [1.29, 1.82) is 0 Å². The summed E-state index contributed by atoms with van der Waals surface area (Å²) < 4.78 is 35.7. The number of nitrogens with one attached hydrogen (secondary N) is 1. The molecule has 2 rings (SSSR count). The van der Waals surface area contributed by atoms with Gasteiger partial charge in [0.2, 0.25) is 0 Å². The topological polar surface area (TPSA) is 34.4 Å². The van der Waals surface area contributed by atoms with Crippen LogP contribution in [0.3, 0.4) is 0 Å². The molecule has 0 atom stereocenters.